The molecule has 0 unspecified atom stereocenters. The quantitative estimate of drug-likeness (QED) is 0.749. The number of hydrogen-bond donors (Lipinski definition) is 3. The highest BCUT2D eigenvalue weighted by molar-refractivity contribution is 6.05. The van der Waals surface area contributed by atoms with E-state index in [-0.39, 0.29) is 22.8 Å². The highest BCUT2D eigenvalue weighted by Gasteiger charge is 2.14. The third kappa shape index (κ3) is 5.67. The minimum absolute atomic E-state index is 0.0155. The average Bonchev–Trinajstić information content (AvgIpc) is 2.60. The van der Waals surface area contributed by atoms with Crippen molar-refractivity contribution in [3.63, 3.8) is 0 Å². The van der Waals surface area contributed by atoms with Crippen molar-refractivity contribution in [2.75, 3.05) is 11.9 Å². The number of aromatic carboxylic acids is 1. The molecule has 2 amide bonds. The lowest BCUT2D eigenvalue weighted by Gasteiger charge is -2.18. The van der Waals surface area contributed by atoms with Gasteiger partial charge in [-0.2, -0.15) is 0 Å². The summed E-state index contributed by atoms with van der Waals surface area (Å²) in [5, 5.41) is 14.7. The highest BCUT2D eigenvalue weighted by Crippen LogP contribution is 2.17. The molecule has 6 heteroatoms. The van der Waals surface area contributed by atoms with Crippen LogP contribution < -0.4 is 10.6 Å². The van der Waals surface area contributed by atoms with Crippen molar-refractivity contribution in [3.8, 4) is 0 Å². The molecule has 0 radical (unpaired) electrons. The second kappa shape index (κ2) is 8.03. The third-order valence-electron chi connectivity index (χ3n) is 3.91. The summed E-state index contributed by atoms with van der Waals surface area (Å²) in [6, 6.07) is 11.0. The van der Waals surface area contributed by atoms with Crippen LogP contribution in [0.15, 0.2) is 42.5 Å². The van der Waals surface area contributed by atoms with Crippen LogP contribution >= 0.6 is 0 Å². The van der Waals surface area contributed by atoms with Crippen molar-refractivity contribution in [1.29, 1.82) is 0 Å². The van der Waals surface area contributed by atoms with Gasteiger partial charge in [-0.15, -0.1) is 0 Å². The van der Waals surface area contributed by atoms with E-state index in [9.17, 15) is 14.4 Å². The maximum atomic E-state index is 12.4. The van der Waals surface area contributed by atoms with Crippen molar-refractivity contribution < 1.29 is 19.5 Å². The molecular weight excluding hydrogens is 344 g/mol. The van der Waals surface area contributed by atoms with Crippen LogP contribution in [-0.2, 0) is 0 Å². The van der Waals surface area contributed by atoms with Gasteiger partial charge in [-0.3, -0.25) is 9.59 Å². The van der Waals surface area contributed by atoms with Gasteiger partial charge < -0.3 is 15.7 Å². The molecule has 0 aliphatic rings. The van der Waals surface area contributed by atoms with E-state index < -0.39 is 5.97 Å². The first-order valence-corrected chi connectivity index (χ1v) is 8.60. The van der Waals surface area contributed by atoms with Crippen molar-refractivity contribution in [1.82, 2.24) is 5.32 Å². The number of carbonyl (C=O) groups excluding carboxylic acids is 2. The van der Waals surface area contributed by atoms with Crippen molar-refractivity contribution in [2.45, 2.75) is 27.7 Å². The van der Waals surface area contributed by atoms with E-state index in [4.69, 9.17) is 5.11 Å². The Bertz CT molecular complexity index is 865. The van der Waals surface area contributed by atoms with Crippen molar-refractivity contribution in [2.24, 2.45) is 5.41 Å². The van der Waals surface area contributed by atoms with E-state index in [0.29, 0.717) is 28.9 Å². The smallest absolute Gasteiger partial charge is 0.336 e. The Morgan fingerprint density at radius 1 is 0.926 bits per heavy atom. The van der Waals surface area contributed by atoms with E-state index >= 15 is 0 Å². The molecule has 27 heavy (non-hydrogen) atoms. The number of anilines is 1. The predicted molar refractivity (Wildman–Crippen MR) is 104 cm³/mol. The van der Waals surface area contributed by atoms with E-state index in [0.717, 1.165) is 0 Å². The van der Waals surface area contributed by atoms with Gasteiger partial charge >= 0.3 is 5.97 Å². The number of carboxylic acid groups (broad SMARTS) is 1. The van der Waals surface area contributed by atoms with Crippen molar-refractivity contribution >= 4 is 23.5 Å². The van der Waals surface area contributed by atoms with Crippen LogP contribution in [0.1, 0.15) is 57.4 Å². The molecule has 2 aromatic carbocycles. The van der Waals surface area contributed by atoms with E-state index in [1.165, 1.54) is 6.07 Å². The monoisotopic (exact) mass is 368 g/mol. The number of aryl methyl sites for hydroxylation is 1. The molecule has 0 saturated heterocycles. The first kappa shape index (κ1) is 20.2. The summed E-state index contributed by atoms with van der Waals surface area (Å²) in [5.41, 5.74) is 1.98. The summed E-state index contributed by atoms with van der Waals surface area (Å²) in [6.45, 7) is 8.33. The molecule has 142 valence electrons. The average molecular weight is 368 g/mol. The zero-order valence-electron chi connectivity index (χ0n) is 15.9. The maximum Gasteiger partial charge on any atom is 0.336 e. The molecule has 3 N–H and O–H groups in total. The molecule has 0 aliphatic heterocycles. The maximum absolute atomic E-state index is 12.4. The first-order chi connectivity index (χ1) is 12.6. The number of rotatable bonds is 5. The van der Waals surface area contributed by atoms with Gasteiger partial charge in [0.05, 0.1) is 5.56 Å². The molecule has 0 atom stereocenters. The standard InChI is InChI=1S/C21H24N2O4/c1-13-5-10-16(11-17(13)20(26)27)23-19(25)15-8-6-14(7-9-15)18(24)22-12-21(2,3)4/h5-11H,12H2,1-4H3,(H,22,24)(H,23,25)(H,26,27). The number of nitrogens with one attached hydrogen (secondary N) is 2. The SMILES string of the molecule is Cc1ccc(NC(=O)c2ccc(C(=O)NCC(C)(C)C)cc2)cc1C(=O)O. The summed E-state index contributed by atoms with van der Waals surface area (Å²) < 4.78 is 0. The van der Waals surface area contributed by atoms with Crippen LogP contribution in [0, 0.1) is 12.3 Å². The number of hydrogen-bond acceptors (Lipinski definition) is 3. The molecule has 0 heterocycles. The Hall–Kier alpha value is -3.15. The molecule has 0 saturated carbocycles. The summed E-state index contributed by atoms with van der Waals surface area (Å²) in [7, 11) is 0. The van der Waals surface area contributed by atoms with Crippen LogP contribution in [0.4, 0.5) is 5.69 Å². The van der Waals surface area contributed by atoms with Gasteiger partial charge in [0.25, 0.3) is 11.8 Å². The third-order valence-corrected chi connectivity index (χ3v) is 3.91. The van der Waals surface area contributed by atoms with Crippen LogP contribution in [0.25, 0.3) is 0 Å². The fourth-order valence-electron chi connectivity index (χ4n) is 2.35. The minimum atomic E-state index is -1.05. The predicted octanol–water partition coefficient (Wildman–Crippen LogP) is 3.72. The molecule has 0 spiro atoms. The second-order valence-electron chi connectivity index (χ2n) is 7.61. The van der Waals surface area contributed by atoms with E-state index in [1.54, 1.807) is 43.3 Å². The van der Waals surface area contributed by atoms with Gasteiger partial charge in [0.2, 0.25) is 0 Å². The topological polar surface area (TPSA) is 95.5 Å². The van der Waals surface area contributed by atoms with Crippen molar-refractivity contribution in [3.05, 3.63) is 64.7 Å². The summed E-state index contributed by atoms with van der Waals surface area (Å²) >= 11 is 0. The van der Waals surface area contributed by atoms with E-state index in [1.807, 2.05) is 20.8 Å². The molecule has 0 aromatic heterocycles. The van der Waals surface area contributed by atoms with Gasteiger partial charge in [-0.1, -0.05) is 26.8 Å². The molecular formula is C21H24N2O4. The molecule has 6 nitrogen and oxygen atoms in total. The lowest BCUT2D eigenvalue weighted by Crippen LogP contribution is -2.32. The summed E-state index contributed by atoms with van der Waals surface area (Å²) in [5.74, 6) is -1.62. The fourth-order valence-corrected chi connectivity index (χ4v) is 2.35. The Labute approximate surface area is 158 Å². The Kier molecular flexibility index (Phi) is 6.00. The summed E-state index contributed by atoms with van der Waals surface area (Å²) in [6.07, 6.45) is 0. The fraction of sp³-hybridized carbons (Fsp3) is 0.286. The number of amides is 2. The largest absolute Gasteiger partial charge is 0.478 e. The molecule has 2 aromatic rings. The van der Waals surface area contributed by atoms with E-state index in [2.05, 4.69) is 10.6 Å². The van der Waals surface area contributed by atoms with Crippen LogP contribution in [0.2, 0.25) is 0 Å². The van der Waals surface area contributed by atoms with Gasteiger partial charge in [-0.25, -0.2) is 4.79 Å². The van der Waals surface area contributed by atoms with Crippen LogP contribution in [0.5, 0.6) is 0 Å². The normalized spacial score (nSPS) is 11.0. The van der Waals surface area contributed by atoms with Gasteiger partial charge in [0.1, 0.15) is 0 Å². The minimum Gasteiger partial charge on any atom is -0.478 e. The number of carboxylic acids is 1. The molecule has 0 aliphatic carbocycles. The summed E-state index contributed by atoms with van der Waals surface area (Å²) in [4.78, 5) is 35.7. The Balaban J connectivity index is 2.06. The van der Waals surface area contributed by atoms with Crippen LogP contribution in [0.3, 0.4) is 0 Å². The number of carbonyl (C=O) groups is 3. The first-order valence-electron chi connectivity index (χ1n) is 8.60. The lowest BCUT2D eigenvalue weighted by atomic mass is 9.97. The number of benzene rings is 2. The highest BCUT2D eigenvalue weighted by atomic mass is 16.4. The molecule has 0 fully saturated rings. The Morgan fingerprint density at radius 3 is 2.00 bits per heavy atom. The van der Waals surface area contributed by atoms with Gasteiger partial charge in [0.15, 0.2) is 0 Å². The second-order valence-corrected chi connectivity index (χ2v) is 7.61. The van der Waals surface area contributed by atoms with Gasteiger partial charge in [-0.05, 0) is 54.3 Å². The molecule has 0 bridgehead atoms. The van der Waals surface area contributed by atoms with Gasteiger partial charge in [0, 0.05) is 23.4 Å². The molecule has 2 rings (SSSR count). The zero-order valence-corrected chi connectivity index (χ0v) is 15.9. The Morgan fingerprint density at radius 2 is 1.48 bits per heavy atom. The van der Waals surface area contributed by atoms with Crippen LogP contribution in [-0.4, -0.2) is 29.4 Å². The zero-order chi connectivity index (χ0) is 20.2. The lowest BCUT2D eigenvalue weighted by molar-refractivity contribution is 0.0695.